The molecule has 0 radical (unpaired) electrons. The molecule has 0 saturated heterocycles. The Morgan fingerprint density at radius 3 is 2.38 bits per heavy atom. The van der Waals surface area contributed by atoms with E-state index in [-0.39, 0.29) is 34.0 Å². The van der Waals surface area contributed by atoms with Crippen LogP contribution in [0.15, 0.2) is 47.3 Å². The molecular formula is C24H22N4O6. The van der Waals surface area contributed by atoms with Crippen molar-refractivity contribution in [1.82, 2.24) is 14.7 Å². The van der Waals surface area contributed by atoms with Crippen LogP contribution in [0.5, 0.6) is 0 Å². The lowest BCUT2D eigenvalue weighted by atomic mass is 10.1. The molecule has 34 heavy (non-hydrogen) atoms. The lowest BCUT2D eigenvalue weighted by Gasteiger charge is -2.12. The fourth-order valence-electron chi connectivity index (χ4n) is 3.69. The molecule has 0 saturated carbocycles. The second-order valence-electron chi connectivity index (χ2n) is 8.33. The third-order valence-electron chi connectivity index (χ3n) is 5.31. The third kappa shape index (κ3) is 4.17. The highest BCUT2D eigenvalue weighted by atomic mass is 16.5. The fourth-order valence-corrected chi connectivity index (χ4v) is 3.69. The summed E-state index contributed by atoms with van der Waals surface area (Å²) in [6, 6.07) is 10.9. The summed E-state index contributed by atoms with van der Waals surface area (Å²) < 4.78 is 6.39. The van der Waals surface area contributed by atoms with E-state index in [0.717, 1.165) is 4.90 Å². The summed E-state index contributed by atoms with van der Waals surface area (Å²) in [5.41, 5.74) is 0.351. The topological polar surface area (TPSA) is 128 Å². The molecule has 1 N–H and O–H groups in total. The van der Waals surface area contributed by atoms with E-state index in [4.69, 9.17) is 4.74 Å². The van der Waals surface area contributed by atoms with Crippen molar-refractivity contribution < 1.29 is 23.9 Å². The van der Waals surface area contributed by atoms with Gasteiger partial charge in [-0.3, -0.25) is 24.1 Å². The number of fused-ring (bicyclic) bond motifs is 2. The maximum atomic E-state index is 12.8. The number of amides is 3. The van der Waals surface area contributed by atoms with Gasteiger partial charge in [0.25, 0.3) is 23.3 Å². The van der Waals surface area contributed by atoms with E-state index in [0.29, 0.717) is 17.3 Å². The number of rotatable bonds is 6. The highest BCUT2D eigenvalue weighted by Gasteiger charge is 2.32. The summed E-state index contributed by atoms with van der Waals surface area (Å²) in [4.78, 5) is 62.9. The SMILES string of the molecule is CC(C)Cn1nc(C(=O)OCC(=O)Nc2ccc3c(c2)C(=O)N(C)C3=O)c2ccccc2c1=O. The van der Waals surface area contributed by atoms with Gasteiger partial charge >= 0.3 is 5.97 Å². The molecule has 1 aliphatic heterocycles. The molecule has 0 bridgehead atoms. The highest BCUT2D eigenvalue weighted by molar-refractivity contribution is 6.21. The highest BCUT2D eigenvalue weighted by Crippen LogP contribution is 2.24. The van der Waals surface area contributed by atoms with Crippen molar-refractivity contribution >= 4 is 40.2 Å². The van der Waals surface area contributed by atoms with Gasteiger partial charge in [-0.15, -0.1) is 0 Å². The first-order valence-corrected chi connectivity index (χ1v) is 10.6. The van der Waals surface area contributed by atoms with E-state index in [1.165, 1.54) is 29.9 Å². The lowest BCUT2D eigenvalue weighted by molar-refractivity contribution is -0.119. The Bertz CT molecular complexity index is 1410. The van der Waals surface area contributed by atoms with Crippen LogP contribution in [0.25, 0.3) is 10.8 Å². The monoisotopic (exact) mass is 462 g/mol. The standard InChI is InChI=1S/C24H22N4O6/c1-13(2)11-28-23(32)16-7-5-4-6-15(16)20(26-28)24(33)34-12-19(29)25-14-8-9-17-18(10-14)22(31)27(3)21(17)30/h4-10,13H,11-12H2,1-3H3,(H,25,29). The van der Waals surface area contributed by atoms with Gasteiger partial charge in [0.15, 0.2) is 12.3 Å². The molecule has 0 unspecified atom stereocenters. The number of nitrogens with zero attached hydrogens (tertiary/aromatic N) is 3. The molecule has 0 atom stereocenters. The Morgan fingerprint density at radius 2 is 1.68 bits per heavy atom. The second kappa shape index (κ2) is 8.89. The first kappa shape index (κ1) is 22.8. The predicted octanol–water partition coefficient (Wildman–Crippen LogP) is 2.07. The van der Waals surface area contributed by atoms with Crippen LogP contribution in [-0.4, -0.2) is 52.0 Å². The fraction of sp³-hybridized carbons (Fsp3) is 0.250. The molecule has 10 heteroatoms. The zero-order chi connectivity index (χ0) is 24.6. The molecule has 3 aromatic rings. The van der Waals surface area contributed by atoms with Gasteiger partial charge < -0.3 is 10.1 Å². The van der Waals surface area contributed by atoms with Crippen molar-refractivity contribution in [3.63, 3.8) is 0 Å². The van der Waals surface area contributed by atoms with Crippen molar-refractivity contribution in [3.8, 4) is 0 Å². The quantitative estimate of drug-likeness (QED) is 0.439. The number of hydrogen-bond acceptors (Lipinski definition) is 7. The number of hydrogen-bond donors (Lipinski definition) is 1. The van der Waals surface area contributed by atoms with Gasteiger partial charge in [-0.05, 0) is 30.2 Å². The van der Waals surface area contributed by atoms with Gasteiger partial charge in [-0.2, -0.15) is 5.10 Å². The van der Waals surface area contributed by atoms with Crippen LogP contribution in [0.2, 0.25) is 0 Å². The molecule has 1 aliphatic rings. The summed E-state index contributed by atoms with van der Waals surface area (Å²) in [7, 11) is 1.38. The molecule has 4 rings (SSSR count). The largest absolute Gasteiger partial charge is 0.451 e. The van der Waals surface area contributed by atoms with Crippen molar-refractivity contribution in [2.45, 2.75) is 20.4 Å². The molecule has 10 nitrogen and oxygen atoms in total. The van der Waals surface area contributed by atoms with Crippen molar-refractivity contribution in [2.24, 2.45) is 5.92 Å². The Labute approximate surface area is 194 Å². The first-order valence-electron chi connectivity index (χ1n) is 10.6. The van der Waals surface area contributed by atoms with Crippen LogP contribution >= 0.6 is 0 Å². The van der Waals surface area contributed by atoms with Crippen LogP contribution < -0.4 is 10.9 Å². The number of carbonyl (C=O) groups is 4. The van der Waals surface area contributed by atoms with Crippen LogP contribution in [0.1, 0.15) is 45.1 Å². The van der Waals surface area contributed by atoms with E-state index in [2.05, 4.69) is 10.4 Å². The molecule has 2 aromatic carbocycles. The Morgan fingerprint density at radius 1 is 1.00 bits per heavy atom. The van der Waals surface area contributed by atoms with Crippen LogP contribution in [-0.2, 0) is 16.1 Å². The smallest absolute Gasteiger partial charge is 0.359 e. The summed E-state index contributed by atoms with van der Waals surface area (Å²) in [6.07, 6.45) is 0. The zero-order valence-electron chi connectivity index (χ0n) is 18.8. The van der Waals surface area contributed by atoms with Crippen LogP contribution in [0.4, 0.5) is 5.69 Å². The molecule has 0 fully saturated rings. The predicted molar refractivity (Wildman–Crippen MR) is 123 cm³/mol. The molecular weight excluding hydrogens is 440 g/mol. The first-order chi connectivity index (χ1) is 16.2. The van der Waals surface area contributed by atoms with E-state index in [1.54, 1.807) is 24.3 Å². The summed E-state index contributed by atoms with van der Waals surface area (Å²) in [6.45, 7) is 3.55. The Kier molecular flexibility index (Phi) is 5.97. The van der Waals surface area contributed by atoms with Gasteiger partial charge in [0, 0.05) is 24.7 Å². The number of esters is 1. The van der Waals surface area contributed by atoms with E-state index >= 15 is 0 Å². The normalized spacial score (nSPS) is 12.9. The van der Waals surface area contributed by atoms with Gasteiger partial charge in [0.2, 0.25) is 0 Å². The number of imide groups is 1. The summed E-state index contributed by atoms with van der Waals surface area (Å²) >= 11 is 0. The average Bonchev–Trinajstić information content (AvgIpc) is 3.02. The number of nitrogens with one attached hydrogen (secondary N) is 1. The molecule has 0 aliphatic carbocycles. The minimum atomic E-state index is -0.847. The number of aromatic nitrogens is 2. The van der Waals surface area contributed by atoms with E-state index in [1.807, 2.05) is 13.8 Å². The van der Waals surface area contributed by atoms with Crippen LogP contribution in [0, 0.1) is 5.92 Å². The summed E-state index contributed by atoms with van der Waals surface area (Å²) in [5, 5.41) is 7.39. The minimum absolute atomic E-state index is 0.0617. The Hall–Kier alpha value is -4.34. The Balaban J connectivity index is 1.50. The number of benzene rings is 2. The number of ether oxygens (including phenoxy) is 1. The number of anilines is 1. The van der Waals surface area contributed by atoms with Crippen LogP contribution in [0.3, 0.4) is 0 Å². The lowest BCUT2D eigenvalue weighted by Crippen LogP contribution is -2.29. The molecule has 174 valence electrons. The van der Waals surface area contributed by atoms with Gasteiger partial charge in [0.1, 0.15) is 0 Å². The molecule has 2 heterocycles. The van der Waals surface area contributed by atoms with E-state index in [9.17, 15) is 24.0 Å². The van der Waals surface area contributed by atoms with E-state index < -0.39 is 30.3 Å². The third-order valence-corrected chi connectivity index (χ3v) is 5.31. The maximum absolute atomic E-state index is 12.8. The maximum Gasteiger partial charge on any atom is 0.359 e. The summed E-state index contributed by atoms with van der Waals surface area (Å²) in [5.74, 6) is -2.24. The van der Waals surface area contributed by atoms with Gasteiger partial charge in [0.05, 0.1) is 16.5 Å². The van der Waals surface area contributed by atoms with Crippen molar-refractivity contribution in [1.29, 1.82) is 0 Å². The average molecular weight is 462 g/mol. The molecule has 3 amide bonds. The van der Waals surface area contributed by atoms with Crippen molar-refractivity contribution in [3.05, 3.63) is 69.6 Å². The van der Waals surface area contributed by atoms with Gasteiger partial charge in [-0.1, -0.05) is 32.0 Å². The minimum Gasteiger partial charge on any atom is -0.451 e. The van der Waals surface area contributed by atoms with Crippen molar-refractivity contribution in [2.75, 3.05) is 19.0 Å². The van der Waals surface area contributed by atoms with Gasteiger partial charge in [-0.25, -0.2) is 9.48 Å². The molecule has 1 aromatic heterocycles. The second-order valence-corrected chi connectivity index (χ2v) is 8.33. The molecule has 0 spiro atoms. The zero-order valence-corrected chi connectivity index (χ0v) is 18.8. The number of carbonyl (C=O) groups excluding carboxylic acids is 4.